The van der Waals surface area contributed by atoms with Crippen molar-refractivity contribution >= 4 is 57.9 Å². The third-order valence-electron chi connectivity index (χ3n) is 6.56. The summed E-state index contributed by atoms with van der Waals surface area (Å²) < 4.78 is 10.4. The molecule has 0 saturated carbocycles. The van der Waals surface area contributed by atoms with Crippen LogP contribution in [0.4, 0.5) is 4.79 Å². The van der Waals surface area contributed by atoms with E-state index in [2.05, 4.69) is 30.9 Å². The normalized spacial score (nSPS) is 13.8. The van der Waals surface area contributed by atoms with E-state index in [9.17, 15) is 19.2 Å². The molecule has 0 aliphatic rings. The van der Waals surface area contributed by atoms with Crippen molar-refractivity contribution in [3.63, 3.8) is 0 Å². The van der Waals surface area contributed by atoms with Crippen molar-refractivity contribution < 1.29 is 28.7 Å². The topological polar surface area (TPSA) is 162 Å². The van der Waals surface area contributed by atoms with E-state index in [1.807, 2.05) is 41.5 Å². The third kappa shape index (κ3) is 10.0. The highest BCUT2D eigenvalue weighted by atomic mass is 32.1. The second-order valence-corrected chi connectivity index (χ2v) is 15.4. The molecule has 3 aromatic heterocycles. The van der Waals surface area contributed by atoms with Gasteiger partial charge >= 0.3 is 12.1 Å². The molecule has 0 bridgehead atoms. The first kappa shape index (κ1) is 37.0. The largest absolute Gasteiger partial charge is 0.461 e. The van der Waals surface area contributed by atoms with E-state index in [0.717, 1.165) is 0 Å². The van der Waals surface area contributed by atoms with Crippen molar-refractivity contribution in [3.05, 3.63) is 48.2 Å². The van der Waals surface area contributed by atoms with E-state index in [0.29, 0.717) is 15.0 Å². The van der Waals surface area contributed by atoms with E-state index in [1.54, 1.807) is 43.8 Å². The zero-order chi connectivity index (χ0) is 34.3. The van der Waals surface area contributed by atoms with Gasteiger partial charge in [-0.15, -0.1) is 34.0 Å². The summed E-state index contributed by atoms with van der Waals surface area (Å²) in [7, 11) is 0. The molecule has 0 aromatic carbocycles. The Morgan fingerprint density at radius 1 is 0.674 bits per heavy atom. The van der Waals surface area contributed by atoms with Gasteiger partial charge in [-0.2, -0.15) is 0 Å². The van der Waals surface area contributed by atoms with Crippen LogP contribution in [0.5, 0.6) is 0 Å². The highest BCUT2D eigenvalue weighted by molar-refractivity contribution is 7.10. The molecule has 12 nitrogen and oxygen atoms in total. The molecular weight excluding hydrogens is 649 g/mol. The Labute approximate surface area is 282 Å². The van der Waals surface area contributed by atoms with Crippen LogP contribution in [-0.2, 0) is 9.47 Å². The summed E-state index contributed by atoms with van der Waals surface area (Å²) >= 11 is 3.85. The van der Waals surface area contributed by atoms with Gasteiger partial charge in [0, 0.05) is 16.1 Å². The van der Waals surface area contributed by atoms with Crippen LogP contribution in [0.2, 0.25) is 0 Å². The van der Waals surface area contributed by atoms with Crippen molar-refractivity contribution in [2.75, 3.05) is 6.61 Å². The number of esters is 1. The number of thiazole rings is 3. The summed E-state index contributed by atoms with van der Waals surface area (Å²) in [6.45, 7) is 19.1. The number of aromatic nitrogens is 3. The summed E-state index contributed by atoms with van der Waals surface area (Å²) in [5.74, 6) is -1.32. The van der Waals surface area contributed by atoms with Gasteiger partial charge < -0.3 is 25.4 Å². The van der Waals surface area contributed by atoms with Crippen molar-refractivity contribution in [3.8, 4) is 0 Å². The Balaban J connectivity index is 1.72. The van der Waals surface area contributed by atoms with Crippen LogP contribution in [0.1, 0.15) is 134 Å². The summed E-state index contributed by atoms with van der Waals surface area (Å²) in [6.07, 6.45) is -0.552. The van der Waals surface area contributed by atoms with E-state index in [-0.39, 0.29) is 53.3 Å². The van der Waals surface area contributed by atoms with Crippen molar-refractivity contribution in [1.82, 2.24) is 30.9 Å². The number of rotatable bonds is 13. The monoisotopic (exact) mass is 692 g/mol. The van der Waals surface area contributed by atoms with Crippen LogP contribution < -0.4 is 16.0 Å². The minimum atomic E-state index is -0.644. The van der Waals surface area contributed by atoms with Gasteiger partial charge in [-0.3, -0.25) is 9.59 Å². The standard InChI is InChI=1S/C31H44N6O6S3/c1-11-42-29(40)20-14-46-27(34-20)22(16(4)5)36-24(38)18-12-44-26(32-18)21(15(2)3)35-25(39)19-13-45-28(33-19)23(17(6)7)37-30(41)43-31(8,9)10/h12-17,21-23H,11H2,1-10H3,(H,35,39)(H,36,38)(H,37,41)/t21-,22-,23-/m0/s1. The molecule has 0 aliphatic carbocycles. The second kappa shape index (κ2) is 15.9. The summed E-state index contributed by atoms with van der Waals surface area (Å²) in [5, 5.41) is 15.6. The molecule has 252 valence electrons. The van der Waals surface area contributed by atoms with E-state index >= 15 is 0 Å². The first-order chi connectivity index (χ1) is 21.5. The Hall–Kier alpha value is -3.43. The molecule has 0 aliphatic heterocycles. The van der Waals surface area contributed by atoms with Crippen LogP contribution >= 0.6 is 34.0 Å². The predicted molar refractivity (Wildman–Crippen MR) is 179 cm³/mol. The number of hydrogen-bond donors (Lipinski definition) is 3. The zero-order valence-electron chi connectivity index (χ0n) is 27.9. The highest BCUT2D eigenvalue weighted by Gasteiger charge is 2.29. The molecule has 3 atom stereocenters. The zero-order valence-corrected chi connectivity index (χ0v) is 30.4. The van der Waals surface area contributed by atoms with Crippen LogP contribution in [-0.4, -0.2) is 51.0 Å². The fourth-order valence-corrected chi connectivity index (χ4v) is 7.26. The number of hydrogen-bond acceptors (Lipinski definition) is 12. The molecule has 0 radical (unpaired) electrons. The third-order valence-corrected chi connectivity index (χ3v) is 9.34. The smallest absolute Gasteiger partial charge is 0.408 e. The number of nitrogens with zero attached hydrogens (tertiary/aromatic N) is 3. The molecule has 0 fully saturated rings. The van der Waals surface area contributed by atoms with Crippen LogP contribution in [0.15, 0.2) is 16.1 Å². The Morgan fingerprint density at radius 2 is 1.04 bits per heavy atom. The Bertz CT molecular complexity index is 1510. The average molecular weight is 693 g/mol. The van der Waals surface area contributed by atoms with Gasteiger partial charge in [0.05, 0.1) is 24.7 Å². The number of amides is 3. The van der Waals surface area contributed by atoms with Gasteiger partial charge in [0.15, 0.2) is 5.69 Å². The highest BCUT2D eigenvalue weighted by Crippen LogP contribution is 2.30. The summed E-state index contributed by atoms with van der Waals surface area (Å²) in [4.78, 5) is 64.7. The number of ether oxygens (including phenoxy) is 2. The van der Waals surface area contributed by atoms with Crippen LogP contribution in [0.3, 0.4) is 0 Å². The van der Waals surface area contributed by atoms with Gasteiger partial charge in [0.25, 0.3) is 11.8 Å². The van der Waals surface area contributed by atoms with E-state index in [4.69, 9.17) is 9.47 Å². The van der Waals surface area contributed by atoms with Crippen molar-refractivity contribution in [2.45, 2.75) is 93.0 Å². The molecular formula is C31H44N6O6S3. The summed E-state index contributed by atoms with van der Waals surface area (Å²) in [5.41, 5.74) is 0.00702. The molecule has 0 saturated heterocycles. The van der Waals surface area contributed by atoms with E-state index in [1.165, 1.54) is 34.0 Å². The lowest BCUT2D eigenvalue weighted by Crippen LogP contribution is -2.37. The molecule has 3 amide bonds. The van der Waals surface area contributed by atoms with Crippen LogP contribution in [0.25, 0.3) is 0 Å². The average Bonchev–Trinajstić information content (AvgIpc) is 3.73. The number of alkyl carbamates (subject to hydrolysis) is 1. The minimum Gasteiger partial charge on any atom is -0.461 e. The molecule has 3 N–H and O–H groups in total. The van der Waals surface area contributed by atoms with Crippen molar-refractivity contribution in [1.29, 1.82) is 0 Å². The SMILES string of the molecule is CCOC(=O)c1csc([C@@H](NC(=O)c2csc([C@@H](NC(=O)c3csc([C@@H](NC(=O)OC(C)(C)C)C(C)C)n3)C(C)C)n2)C(C)C)n1. The van der Waals surface area contributed by atoms with Gasteiger partial charge in [-0.25, -0.2) is 24.5 Å². The first-order valence-corrected chi connectivity index (χ1v) is 17.8. The fraction of sp³-hybridized carbons (Fsp3) is 0.581. The Morgan fingerprint density at radius 3 is 1.41 bits per heavy atom. The summed E-state index contributed by atoms with van der Waals surface area (Å²) in [6, 6.07) is -1.35. The lowest BCUT2D eigenvalue weighted by molar-refractivity contribution is 0.0486. The van der Waals surface area contributed by atoms with Crippen molar-refractivity contribution in [2.24, 2.45) is 17.8 Å². The second-order valence-electron chi connectivity index (χ2n) is 12.7. The van der Waals surface area contributed by atoms with Gasteiger partial charge in [-0.05, 0) is 45.4 Å². The molecule has 3 rings (SSSR count). The first-order valence-electron chi connectivity index (χ1n) is 15.1. The molecule has 0 unspecified atom stereocenters. The minimum absolute atomic E-state index is 0.00314. The molecule has 3 heterocycles. The lowest BCUT2D eigenvalue weighted by atomic mass is 10.0. The molecule has 3 aromatic rings. The number of nitrogens with one attached hydrogen (secondary N) is 3. The maximum absolute atomic E-state index is 13.3. The number of carbonyl (C=O) groups is 4. The molecule has 15 heteroatoms. The van der Waals surface area contributed by atoms with Gasteiger partial charge in [-0.1, -0.05) is 41.5 Å². The maximum Gasteiger partial charge on any atom is 0.408 e. The lowest BCUT2D eigenvalue weighted by Gasteiger charge is -2.24. The number of carbonyl (C=O) groups excluding carboxylic acids is 4. The van der Waals surface area contributed by atoms with E-state index < -0.39 is 35.8 Å². The van der Waals surface area contributed by atoms with Gasteiger partial charge in [0.1, 0.15) is 32.0 Å². The van der Waals surface area contributed by atoms with Gasteiger partial charge in [0.2, 0.25) is 0 Å². The Kier molecular flexibility index (Phi) is 12.8. The predicted octanol–water partition coefficient (Wildman–Crippen LogP) is 6.71. The quantitative estimate of drug-likeness (QED) is 0.165. The maximum atomic E-state index is 13.3. The molecule has 46 heavy (non-hydrogen) atoms. The van der Waals surface area contributed by atoms with Crippen LogP contribution in [0, 0.1) is 17.8 Å². The fourth-order valence-electron chi connectivity index (χ4n) is 4.20. The molecule has 0 spiro atoms.